The predicted molar refractivity (Wildman–Crippen MR) is 82.7 cm³/mol. The van der Waals surface area contributed by atoms with E-state index in [1.165, 1.54) is 12.8 Å². The number of benzene rings is 1. The number of aryl methyl sites for hydroxylation is 1. The van der Waals surface area contributed by atoms with Crippen molar-refractivity contribution in [2.75, 3.05) is 6.61 Å². The lowest BCUT2D eigenvalue weighted by Crippen LogP contribution is -2.28. The quantitative estimate of drug-likeness (QED) is 0.880. The lowest BCUT2D eigenvalue weighted by Gasteiger charge is -2.09. The Morgan fingerprint density at radius 3 is 2.95 bits per heavy atom. The van der Waals surface area contributed by atoms with E-state index in [0.717, 1.165) is 27.9 Å². The third-order valence-corrected chi connectivity index (χ3v) is 4.86. The molecule has 1 saturated carbocycles. The van der Waals surface area contributed by atoms with Gasteiger partial charge < -0.3 is 9.30 Å². The van der Waals surface area contributed by atoms with Crippen molar-refractivity contribution >= 4 is 27.5 Å². The van der Waals surface area contributed by atoms with E-state index in [1.54, 1.807) is 11.3 Å². The Kier molecular flexibility index (Phi) is 4.36. The van der Waals surface area contributed by atoms with E-state index in [9.17, 15) is 4.79 Å². The minimum atomic E-state index is -0.195. The van der Waals surface area contributed by atoms with E-state index >= 15 is 0 Å². The topological polar surface area (TPSA) is 55.6 Å². The number of para-hydroxylation sites is 1. The molecule has 0 unspecified atom stereocenters. The molecule has 3 rings (SSSR count). The number of hydrogen-bond acceptors (Lipinski definition) is 4. The van der Waals surface area contributed by atoms with Crippen molar-refractivity contribution in [1.29, 1.82) is 0 Å². The van der Waals surface area contributed by atoms with Crippen molar-refractivity contribution in [3.8, 4) is 0 Å². The fourth-order valence-corrected chi connectivity index (χ4v) is 3.56. The lowest BCUT2D eigenvalue weighted by atomic mass is 10.3. The monoisotopic (exact) mass is 305 g/mol. The molecule has 0 atom stereocenters. The molecule has 1 amide bonds. The molecule has 1 aliphatic rings. The van der Waals surface area contributed by atoms with Crippen molar-refractivity contribution in [3.05, 3.63) is 29.1 Å². The third-order valence-electron chi connectivity index (χ3n) is 3.74. The first kappa shape index (κ1) is 14.3. The third kappa shape index (κ3) is 3.33. The summed E-state index contributed by atoms with van der Waals surface area (Å²) < 4.78 is 8.69. The smallest absolute Gasteiger partial charge is 0.266 e. The van der Waals surface area contributed by atoms with Gasteiger partial charge in [0.1, 0.15) is 6.61 Å². The maximum Gasteiger partial charge on any atom is 0.266 e. The molecule has 2 aromatic rings. The van der Waals surface area contributed by atoms with Crippen molar-refractivity contribution in [3.63, 3.8) is 0 Å². The van der Waals surface area contributed by atoms with Gasteiger partial charge in [0.05, 0.1) is 16.3 Å². The zero-order valence-electron chi connectivity index (χ0n) is 12.0. The highest BCUT2D eigenvalue weighted by atomic mass is 32.1. The summed E-state index contributed by atoms with van der Waals surface area (Å²) in [6.45, 7) is 0.0861. The van der Waals surface area contributed by atoms with Gasteiger partial charge >= 0.3 is 0 Å². The second-order valence-electron chi connectivity index (χ2n) is 5.28. The zero-order valence-corrected chi connectivity index (χ0v) is 12.9. The van der Waals surface area contributed by atoms with E-state index in [1.807, 2.05) is 35.9 Å². The molecule has 112 valence electrons. The number of nitrogens with zero attached hydrogens (tertiary/aromatic N) is 2. The van der Waals surface area contributed by atoms with Crippen LogP contribution in [0.3, 0.4) is 0 Å². The predicted octanol–water partition coefficient (Wildman–Crippen LogP) is 2.13. The second kappa shape index (κ2) is 6.41. The summed E-state index contributed by atoms with van der Waals surface area (Å²) in [5.74, 6) is -0.195. The van der Waals surface area contributed by atoms with Crippen molar-refractivity contribution in [2.45, 2.75) is 31.8 Å². The minimum Gasteiger partial charge on any atom is -0.368 e. The lowest BCUT2D eigenvalue weighted by molar-refractivity contribution is -0.127. The summed E-state index contributed by atoms with van der Waals surface area (Å²) in [5.41, 5.74) is 3.68. The van der Waals surface area contributed by atoms with Crippen molar-refractivity contribution < 1.29 is 9.53 Å². The van der Waals surface area contributed by atoms with Crippen LogP contribution in [0, 0.1) is 0 Å². The number of nitrogens with one attached hydrogen (secondary N) is 1. The highest BCUT2D eigenvalue weighted by Gasteiger charge is 2.16. The average molecular weight is 305 g/mol. The molecule has 21 heavy (non-hydrogen) atoms. The van der Waals surface area contributed by atoms with E-state index in [0.29, 0.717) is 0 Å². The summed E-state index contributed by atoms with van der Waals surface area (Å²) >= 11 is 1.55. The molecule has 6 heteroatoms. The van der Waals surface area contributed by atoms with Gasteiger partial charge in [-0.25, -0.2) is 5.43 Å². The Bertz CT molecular complexity index is 698. The summed E-state index contributed by atoms with van der Waals surface area (Å²) in [7, 11) is 1.94. The second-order valence-corrected chi connectivity index (χ2v) is 6.28. The number of carbonyl (C=O) groups excluding carboxylic acids is 1. The molecule has 0 spiro atoms. The molecule has 1 aromatic carbocycles. The zero-order chi connectivity index (χ0) is 14.7. The summed E-state index contributed by atoms with van der Waals surface area (Å²) in [4.78, 5) is 12.5. The van der Waals surface area contributed by atoms with Gasteiger partial charge in [0.25, 0.3) is 5.91 Å². The van der Waals surface area contributed by atoms with Crippen LogP contribution in [0.15, 0.2) is 29.4 Å². The van der Waals surface area contributed by atoms with Gasteiger partial charge in [0.2, 0.25) is 4.80 Å². The molecule has 1 heterocycles. The summed E-state index contributed by atoms with van der Waals surface area (Å²) in [6, 6.07) is 8.07. The van der Waals surface area contributed by atoms with E-state index < -0.39 is 0 Å². The number of amides is 1. The van der Waals surface area contributed by atoms with Gasteiger partial charge in [0.15, 0.2) is 0 Å². The Labute approximate surface area is 127 Å². The first-order valence-corrected chi connectivity index (χ1v) is 8.04. The summed E-state index contributed by atoms with van der Waals surface area (Å²) in [6.07, 6.45) is 4.78. The van der Waals surface area contributed by atoms with E-state index in [-0.39, 0.29) is 18.6 Å². The Morgan fingerprint density at radius 2 is 2.19 bits per heavy atom. The molecule has 1 N–H and O–H groups in total. The number of rotatable bonds is 4. The van der Waals surface area contributed by atoms with Crippen LogP contribution < -0.4 is 10.2 Å². The molecule has 1 aromatic heterocycles. The number of aromatic nitrogens is 1. The molecular formula is C15H19N3O2S. The number of thiazole rings is 1. The largest absolute Gasteiger partial charge is 0.368 e. The standard InChI is InChI=1S/C15H19N3O2S/c1-18-12-8-4-5-9-13(12)21-15(18)17-16-14(19)10-20-11-6-2-3-7-11/h4-5,8-9,11H,2-3,6-7,10H2,1H3,(H,16,19)/b17-15+. The molecule has 5 nitrogen and oxygen atoms in total. The van der Waals surface area contributed by atoms with Gasteiger partial charge in [-0.05, 0) is 25.0 Å². The number of ether oxygens (including phenoxy) is 1. The van der Waals surface area contributed by atoms with Gasteiger partial charge in [-0.2, -0.15) is 0 Å². The average Bonchev–Trinajstić information content (AvgIpc) is 3.12. The number of hydrogen-bond donors (Lipinski definition) is 1. The van der Waals surface area contributed by atoms with Crippen LogP contribution in [-0.2, 0) is 16.6 Å². The SMILES string of the molecule is Cn1/c(=N\NC(=O)COC2CCCC2)sc2ccccc21. The summed E-state index contributed by atoms with van der Waals surface area (Å²) in [5, 5.41) is 4.19. The Morgan fingerprint density at radius 1 is 1.43 bits per heavy atom. The molecule has 0 radical (unpaired) electrons. The molecule has 1 fully saturated rings. The van der Waals surface area contributed by atoms with E-state index in [2.05, 4.69) is 10.5 Å². The van der Waals surface area contributed by atoms with Crippen LogP contribution in [0.1, 0.15) is 25.7 Å². The Balaban J connectivity index is 1.63. The fourth-order valence-electron chi connectivity index (χ4n) is 2.58. The van der Waals surface area contributed by atoms with Crippen LogP contribution in [0.4, 0.5) is 0 Å². The highest BCUT2D eigenvalue weighted by molar-refractivity contribution is 7.16. The highest BCUT2D eigenvalue weighted by Crippen LogP contribution is 2.20. The van der Waals surface area contributed by atoms with Crippen molar-refractivity contribution in [1.82, 2.24) is 9.99 Å². The normalized spacial score (nSPS) is 16.7. The van der Waals surface area contributed by atoms with Gasteiger partial charge in [0, 0.05) is 7.05 Å². The van der Waals surface area contributed by atoms with Crippen molar-refractivity contribution in [2.24, 2.45) is 12.1 Å². The van der Waals surface area contributed by atoms with Crippen LogP contribution in [0.5, 0.6) is 0 Å². The maximum atomic E-state index is 11.8. The molecule has 1 aliphatic carbocycles. The fraction of sp³-hybridized carbons (Fsp3) is 0.467. The molecule has 0 bridgehead atoms. The minimum absolute atomic E-state index is 0.0861. The Hall–Kier alpha value is -1.66. The molecule has 0 saturated heterocycles. The first-order valence-electron chi connectivity index (χ1n) is 7.23. The molecule has 0 aliphatic heterocycles. The number of carbonyl (C=O) groups is 1. The first-order chi connectivity index (χ1) is 10.2. The van der Waals surface area contributed by atoms with Crippen LogP contribution >= 0.6 is 11.3 Å². The number of fused-ring (bicyclic) bond motifs is 1. The van der Waals surface area contributed by atoms with Gasteiger partial charge in [-0.1, -0.05) is 36.3 Å². The molecular weight excluding hydrogens is 286 g/mol. The van der Waals surface area contributed by atoms with E-state index in [4.69, 9.17) is 4.74 Å². The maximum absolute atomic E-state index is 11.8. The van der Waals surface area contributed by atoms with Gasteiger partial charge in [-0.3, -0.25) is 4.79 Å². The van der Waals surface area contributed by atoms with Crippen LogP contribution in [0.25, 0.3) is 10.2 Å². The van der Waals surface area contributed by atoms with Crippen LogP contribution in [0.2, 0.25) is 0 Å². The van der Waals surface area contributed by atoms with Gasteiger partial charge in [-0.15, -0.1) is 5.10 Å². The van der Waals surface area contributed by atoms with Crippen LogP contribution in [-0.4, -0.2) is 23.2 Å².